The van der Waals surface area contributed by atoms with Crippen LogP contribution in [0.25, 0.3) is 0 Å². The Bertz CT molecular complexity index is 118. The summed E-state index contributed by atoms with van der Waals surface area (Å²) in [5, 5.41) is 0. The van der Waals surface area contributed by atoms with E-state index in [1.165, 1.54) is 6.42 Å². The van der Waals surface area contributed by atoms with Crippen LogP contribution in [0.2, 0.25) is 0 Å². The lowest BCUT2D eigenvalue weighted by Crippen LogP contribution is -2.33. The SMILES string of the molecule is CCOCCN(CC)CC(CC)CS. The topological polar surface area (TPSA) is 12.5 Å². The van der Waals surface area contributed by atoms with Gasteiger partial charge in [-0.2, -0.15) is 12.6 Å². The Labute approximate surface area is 94.4 Å². The first-order chi connectivity index (χ1) is 6.78. The summed E-state index contributed by atoms with van der Waals surface area (Å²) in [6, 6.07) is 0. The van der Waals surface area contributed by atoms with Gasteiger partial charge in [-0.15, -0.1) is 0 Å². The van der Waals surface area contributed by atoms with Crippen molar-refractivity contribution in [3.63, 3.8) is 0 Å². The van der Waals surface area contributed by atoms with E-state index in [0.29, 0.717) is 0 Å². The normalized spacial score (nSPS) is 13.5. The van der Waals surface area contributed by atoms with Gasteiger partial charge in [-0.25, -0.2) is 0 Å². The van der Waals surface area contributed by atoms with E-state index >= 15 is 0 Å². The summed E-state index contributed by atoms with van der Waals surface area (Å²) >= 11 is 4.36. The molecule has 0 saturated heterocycles. The molecular weight excluding hydrogens is 194 g/mol. The Hall–Kier alpha value is 0.270. The second kappa shape index (κ2) is 9.81. The van der Waals surface area contributed by atoms with Gasteiger partial charge in [0.15, 0.2) is 0 Å². The van der Waals surface area contributed by atoms with Crippen molar-refractivity contribution in [2.45, 2.75) is 27.2 Å². The molecule has 0 heterocycles. The molecule has 0 radical (unpaired) electrons. The third-order valence-corrected chi connectivity index (χ3v) is 3.07. The second-order valence-corrected chi connectivity index (χ2v) is 3.91. The Morgan fingerprint density at radius 1 is 1.29 bits per heavy atom. The van der Waals surface area contributed by atoms with Crippen molar-refractivity contribution in [3.05, 3.63) is 0 Å². The number of rotatable bonds is 9. The third-order valence-electron chi connectivity index (χ3n) is 2.56. The van der Waals surface area contributed by atoms with Crippen LogP contribution >= 0.6 is 12.6 Å². The van der Waals surface area contributed by atoms with Crippen molar-refractivity contribution < 1.29 is 4.74 Å². The van der Waals surface area contributed by atoms with Gasteiger partial charge in [0, 0.05) is 19.7 Å². The van der Waals surface area contributed by atoms with Crippen LogP contribution in [0.1, 0.15) is 27.2 Å². The lowest BCUT2D eigenvalue weighted by Gasteiger charge is -2.24. The van der Waals surface area contributed by atoms with E-state index in [1.807, 2.05) is 6.92 Å². The second-order valence-electron chi connectivity index (χ2n) is 3.55. The molecular formula is C11H25NOS. The highest BCUT2D eigenvalue weighted by molar-refractivity contribution is 7.80. The molecule has 0 aliphatic carbocycles. The summed E-state index contributed by atoms with van der Waals surface area (Å²) in [6.07, 6.45) is 1.22. The minimum Gasteiger partial charge on any atom is -0.380 e. The molecule has 14 heavy (non-hydrogen) atoms. The van der Waals surface area contributed by atoms with Gasteiger partial charge >= 0.3 is 0 Å². The first-order valence-corrected chi connectivity index (χ1v) is 6.32. The number of ether oxygens (including phenoxy) is 1. The van der Waals surface area contributed by atoms with Crippen molar-refractivity contribution in [3.8, 4) is 0 Å². The fraction of sp³-hybridized carbons (Fsp3) is 1.00. The van der Waals surface area contributed by atoms with E-state index in [9.17, 15) is 0 Å². The Morgan fingerprint density at radius 3 is 2.43 bits per heavy atom. The van der Waals surface area contributed by atoms with Gasteiger partial charge in [-0.1, -0.05) is 20.3 Å². The molecule has 0 aliphatic heterocycles. The molecule has 0 spiro atoms. The molecule has 0 rings (SSSR count). The van der Waals surface area contributed by atoms with Gasteiger partial charge in [0.2, 0.25) is 0 Å². The summed E-state index contributed by atoms with van der Waals surface area (Å²) in [7, 11) is 0. The zero-order valence-corrected chi connectivity index (χ0v) is 10.7. The van der Waals surface area contributed by atoms with Gasteiger partial charge in [-0.3, -0.25) is 0 Å². The molecule has 0 aromatic rings. The van der Waals surface area contributed by atoms with Gasteiger partial charge in [0.25, 0.3) is 0 Å². The highest BCUT2D eigenvalue weighted by Gasteiger charge is 2.09. The maximum Gasteiger partial charge on any atom is 0.0593 e. The van der Waals surface area contributed by atoms with E-state index < -0.39 is 0 Å². The fourth-order valence-corrected chi connectivity index (χ4v) is 1.77. The Balaban J connectivity index is 3.65. The lowest BCUT2D eigenvalue weighted by molar-refractivity contribution is 0.110. The summed E-state index contributed by atoms with van der Waals surface area (Å²) in [5.74, 6) is 1.71. The quantitative estimate of drug-likeness (QED) is 0.472. The standard InChI is InChI=1S/C11H25NOS/c1-4-11(10-14)9-12(5-2)7-8-13-6-3/h11,14H,4-10H2,1-3H3. The molecule has 86 valence electrons. The molecule has 0 saturated carbocycles. The predicted molar refractivity (Wildman–Crippen MR) is 66.2 cm³/mol. The Kier molecular flexibility index (Phi) is 10.0. The van der Waals surface area contributed by atoms with Crippen LogP contribution in [0.3, 0.4) is 0 Å². The zero-order chi connectivity index (χ0) is 10.8. The van der Waals surface area contributed by atoms with Crippen molar-refractivity contribution in [2.24, 2.45) is 5.92 Å². The molecule has 0 aliphatic rings. The van der Waals surface area contributed by atoms with Crippen molar-refractivity contribution in [1.82, 2.24) is 4.90 Å². The molecule has 0 aromatic carbocycles. The van der Waals surface area contributed by atoms with E-state index in [-0.39, 0.29) is 0 Å². The van der Waals surface area contributed by atoms with E-state index in [4.69, 9.17) is 4.74 Å². The van der Waals surface area contributed by atoms with Crippen molar-refractivity contribution in [1.29, 1.82) is 0 Å². The highest BCUT2D eigenvalue weighted by Crippen LogP contribution is 2.07. The number of thiol groups is 1. The molecule has 1 atom stereocenters. The lowest BCUT2D eigenvalue weighted by atomic mass is 10.1. The molecule has 0 amide bonds. The molecule has 0 fully saturated rings. The summed E-state index contributed by atoms with van der Waals surface area (Å²) in [5.41, 5.74) is 0. The molecule has 2 nitrogen and oxygen atoms in total. The molecule has 0 bridgehead atoms. The van der Waals surface area contributed by atoms with Crippen LogP contribution in [0.4, 0.5) is 0 Å². The van der Waals surface area contributed by atoms with E-state index in [0.717, 1.165) is 44.5 Å². The van der Waals surface area contributed by atoms with Gasteiger partial charge in [0.05, 0.1) is 6.61 Å². The number of likely N-dealkylation sites (N-methyl/N-ethyl adjacent to an activating group) is 1. The van der Waals surface area contributed by atoms with Crippen LogP contribution in [0.5, 0.6) is 0 Å². The van der Waals surface area contributed by atoms with E-state index in [1.54, 1.807) is 0 Å². The van der Waals surface area contributed by atoms with Crippen LogP contribution < -0.4 is 0 Å². The predicted octanol–water partition coefficient (Wildman–Crippen LogP) is 2.30. The van der Waals surface area contributed by atoms with Crippen LogP contribution in [0, 0.1) is 5.92 Å². The minimum absolute atomic E-state index is 0.722. The molecule has 3 heteroatoms. The average molecular weight is 219 g/mol. The molecule has 0 aromatic heterocycles. The van der Waals surface area contributed by atoms with Crippen LogP contribution in [0.15, 0.2) is 0 Å². The highest BCUT2D eigenvalue weighted by atomic mass is 32.1. The fourth-order valence-electron chi connectivity index (χ4n) is 1.40. The minimum atomic E-state index is 0.722. The molecule has 1 unspecified atom stereocenters. The summed E-state index contributed by atoms with van der Waals surface area (Å²) in [6.45, 7) is 11.5. The van der Waals surface area contributed by atoms with Crippen LogP contribution in [-0.2, 0) is 4.74 Å². The maximum absolute atomic E-state index is 5.35. The zero-order valence-electron chi connectivity index (χ0n) is 9.83. The van der Waals surface area contributed by atoms with Crippen molar-refractivity contribution >= 4 is 12.6 Å². The third kappa shape index (κ3) is 6.68. The molecule has 0 N–H and O–H groups in total. The van der Waals surface area contributed by atoms with Gasteiger partial charge in [-0.05, 0) is 25.1 Å². The first-order valence-electron chi connectivity index (χ1n) is 5.69. The smallest absolute Gasteiger partial charge is 0.0593 e. The van der Waals surface area contributed by atoms with Gasteiger partial charge < -0.3 is 9.64 Å². The number of hydrogen-bond donors (Lipinski definition) is 1. The van der Waals surface area contributed by atoms with Gasteiger partial charge in [0.1, 0.15) is 0 Å². The Morgan fingerprint density at radius 2 is 2.00 bits per heavy atom. The summed E-state index contributed by atoms with van der Waals surface area (Å²) < 4.78 is 5.35. The largest absolute Gasteiger partial charge is 0.380 e. The van der Waals surface area contributed by atoms with Crippen LogP contribution in [-0.4, -0.2) is 43.5 Å². The monoisotopic (exact) mass is 219 g/mol. The maximum atomic E-state index is 5.35. The van der Waals surface area contributed by atoms with E-state index in [2.05, 4.69) is 31.4 Å². The number of nitrogens with zero attached hydrogens (tertiary/aromatic N) is 1. The summed E-state index contributed by atoms with van der Waals surface area (Å²) in [4.78, 5) is 2.44. The van der Waals surface area contributed by atoms with Crippen molar-refractivity contribution in [2.75, 3.05) is 38.6 Å². The first kappa shape index (κ1) is 14.3. The average Bonchev–Trinajstić information content (AvgIpc) is 2.23. The number of hydrogen-bond acceptors (Lipinski definition) is 3.